The Morgan fingerprint density at radius 1 is 1.22 bits per heavy atom. The van der Waals surface area contributed by atoms with Crippen LogP contribution in [0.5, 0.6) is 0 Å². The van der Waals surface area contributed by atoms with Crippen LogP contribution < -0.4 is 5.32 Å². The van der Waals surface area contributed by atoms with Crippen LogP contribution in [-0.2, 0) is 11.3 Å². The van der Waals surface area contributed by atoms with E-state index in [0.717, 1.165) is 24.3 Å². The second kappa shape index (κ2) is 8.75. The van der Waals surface area contributed by atoms with Crippen LogP contribution in [0.4, 0.5) is 0 Å². The Kier molecular flexibility index (Phi) is 6.38. The summed E-state index contributed by atoms with van der Waals surface area (Å²) in [6.45, 7) is 7.00. The third-order valence-corrected chi connectivity index (χ3v) is 5.44. The van der Waals surface area contributed by atoms with Crippen LogP contribution in [0.15, 0.2) is 42.5 Å². The zero-order valence-electron chi connectivity index (χ0n) is 16.4. The van der Waals surface area contributed by atoms with Gasteiger partial charge in [-0.15, -0.1) is 0 Å². The summed E-state index contributed by atoms with van der Waals surface area (Å²) in [6.07, 6.45) is 7.55. The molecule has 2 nitrogen and oxygen atoms in total. The summed E-state index contributed by atoms with van der Waals surface area (Å²) in [5.74, 6) is 0.801. The molecule has 1 saturated carbocycles. The molecule has 1 fully saturated rings. The van der Waals surface area contributed by atoms with Gasteiger partial charge in [0.05, 0.1) is 0 Å². The first-order chi connectivity index (χ1) is 13.0. The van der Waals surface area contributed by atoms with Crippen LogP contribution in [0.1, 0.15) is 59.9 Å². The molecule has 142 valence electrons. The van der Waals surface area contributed by atoms with Crippen LogP contribution in [0.2, 0.25) is 5.02 Å². The van der Waals surface area contributed by atoms with E-state index in [1.807, 2.05) is 6.07 Å². The molecule has 0 bridgehead atoms. The van der Waals surface area contributed by atoms with Crippen molar-refractivity contribution in [2.24, 2.45) is 5.92 Å². The molecular formula is C24H28ClNO. The Balaban J connectivity index is 1.68. The number of benzene rings is 2. The van der Waals surface area contributed by atoms with Crippen molar-refractivity contribution in [1.82, 2.24) is 5.32 Å². The molecule has 3 heteroatoms. The molecule has 0 aliphatic heterocycles. The summed E-state index contributed by atoms with van der Waals surface area (Å²) in [4.78, 5) is 11.8. The smallest absolute Gasteiger partial charge is 0.223 e. The largest absolute Gasteiger partial charge is 0.352 e. The lowest BCUT2D eigenvalue weighted by molar-refractivity contribution is -0.122. The van der Waals surface area contributed by atoms with Gasteiger partial charge in [-0.2, -0.15) is 0 Å². The zero-order chi connectivity index (χ0) is 19.4. The number of nitrogens with one attached hydrogen (secondary N) is 1. The normalized spacial score (nSPS) is 15.1. The van der Waals surface area contributed by atoms with Crippen molar-refractivity contribution in [3.8, 4) is 0 Å². The quantitative estimate of drug-likeness (QED) is 0.608. The summed E-state index contributed by atoms with van der Waals surface area (Å²) in [7, 11) is 0. The Labute approximate surface area is 167 Å². The van der Waals surface area contributed by atoms with Crippen molar-refractivity contribution in [1.29, 1.82) is 0 Å². The second-order valence-electron chi connectivity index (χ2n) is 7.61. The lowest BCUT2D eigenvalue weighted by Crippen LogP contribution is -2.24. The third kappa shape index (κ3) is 5.46. The molecule has 0 radical (unpaired) electrons. The van der Waals surface area contributed by atoms with Crippen molar-refractivity contribution in [3.63, 3.8) is 0 Å². The molecule has 0 aromatic heterocycles. The van der Waals surface area contributed by atoms with E-state index in [2.05, 4.69) is 68.6 Å². The van der Waals surface area contributed by atoms with Crippen LogP contribution >= 0.6 is 11.6 Å². The first-order valence-electron chi connectivity index (χ1n) is 9.78. The fourth-order valence-electron chi connectivity index (χ4n) is 3.38. The predicted octanol–water partition coefficient (Wildman–Crippen LogP) is 6.19. The molecular weight excluding hydrogens is 354 g/mol. The van der Waals surface area contributed by atoms with Gasteiger partial charge >= 0.3 is 0 Å². The zero-order valence-corrected chi connectivity index (χ0v) is 17.1. The molecule has 0 heterocycles. The van der Waals surface area contributed by atoms with Crippen molar-refractivity contribution in [2.45, 2.75) is 52.5 Å². The van der Waals surface area contributed by atoms with E-state index in [1.165, 1.54) is 27.8 Å². The maximum Gasteiger partial charge on any atom is 0.223 e. The summed E-state index contributed by atoms with van der Waals surface area (Å²) in [5.41, 5.74) is 6.02. The number of hydrogen-bond donors (Lipinski definition) is 1. The van der Waals surface area contributed by atoms with E-state index in [0.29, 0.717) is 12.5 Å². The molecule has 1 unspecified atom stereocenters. The summed E-state index contributed by atoms with van der Waals surface area (Å²) < 4.78 is 0. The van der Waals surface area contributed by atoms with Gasteiger partial charge in [-0.3, -0.25) is 4.79 Å². The van der Waals surface area contributed by atoms with Crippen LogP contribution in [-0.4, -0.2) is 5.91 Å². The highest BCUT2D eigenvalue weighted by Crippen LogP contribution is 2.29. The minimum atomic E-state index is 0.195. The van der Waals surface area contributed by atoms with Crippen molar-refractivity contribution >= 4 is 23.6 Å². The lowest BCUT2D eigenvalue weighted by Gasteiger charge is -2.13. The number of halogens is 1. The Morgan fingerprint density at radius 2 is 2.00 bits per heavy atom. The summed E-state index contributed by atoms with van der Waals surface area (Å²) in [5, 5.41) is 3.84. The van der Waals surface area contributed by atoms with E-state index in [-0.39, 0.29) is 11.8 Å². The van der Waals surface area contributed by atoms with Gasteiger partial charge in [-0.1, -0.05) is 54.9 Å². The number of hydrogen-bond acceptors (Lipinski definition) is 1. The van der Waals surface area contributed by atoms with Gasteiger partial charge in [0.25, 0.3) is 0 Å². The summed E-state index contributed by atoms with van der Waals surface area (Å²) in [6, 6.07) is 12.7. The maximum atomic E-state index is 11.8. The fraction of sp³-hybridized carbons (Fsp3) is 0.375. The Hall–Kier alpha value is -2.06. The lowest BCUT2D eigenvalue weighted by atomic mass is 9.93. The minimum Gasteiger partial charge on any atom is -0.352 e. The van der Waals surface area contributed by atoms with Crippen molar-refractivity contribution < 1.29 is 4.79 Å². The van der Waals surface area contributed by atoms with Gasteiger partial charge in [-0.05, 0) is 73.1 Å². The van der Waals surface area contributed by atoms with Gasteiger partial charge in [-0.25, -0.2) is 0 Å². The molecule has 1 aliphatic rings. The van der Waals surface area contributed by atoms with Gasteiger partial charge in [0.2, 0.25) is 5.91 Å². The molecule has 2 aromatic carbocycles. The highest BCUT2D eigenvalue weighted by molar-refractivity contribution is 6.30. The molecule has 1 aliphatic carbocycles. The molecule has 1 atom stereocenters. The molecule has 1 amide bonds. The first kappa shape index (κ1) is 19.7. The number of rotatable bonds is 7. The molecule has 3 rings (SSSR count). The number of carbonyl (C=O) groups is 1. The maximum absolute atomic E-state index is 11.8. The van der Waals surface area contributed by atoms with Crippen molar-refractivity contribution in [3.05, 3.63) is 75.3 Å². The van der Waals surface area contributed by atoms with E-state index in [9.17, 15) is 4.79 Å². The third-order valence-electron chi connectivity index (χ3n) is 5.22. The number of aryl methyl sites for hydroxylation is 2. The first-order valence-corrected chi connectivity index (χ1v) is 10.2. The highest BCUT2D eigenvalue weighted by Gasteiger charge is 2.29. The van der Waals surface area contributed by atoms with Crippen LogP contribution in [0.3, 0.4) is 0 Å². The standard InChI is InChI=1S/C24H28ClNO/c1-4-19(22-11-16(2)12-23(25)14-22)7-5-18-6-8-21(17(3)13-18)15-26-24(27)20-9-10-20/h5-8,11-14,19-20H,4,9-10,15H2,1-3H3,(H,26,27)/b7-5+. The predicted molar refractivity (Wildman–Crippen MR) is 114 cm³/mol. The molecule has 1 N–H and O–H groups in total. The average molecular weight is 382 g/mol. The fourth-order valence-corrected chi connectivity index (χ4v) is 3.68. The molecule has 0 spiro atoms. The van der Waals surface area contributed by atoms with Crippen LogP contribution in [0, 0.1) is 19.8 Å². The van der Waals surface area contributed by atoms with Crippen molar-refractivity contribution in [2.75, 3.05) is 0 Å². The molecule has 0 saturated heterocycles. The van der Waals surface area contributed by atoms with E-state index < -0.39 is 0 Å². The SMILES string of the molecule is CCC(/C=C/c1ccc(CNC(=O)C2CC2)c(C)c1)c1cc(C)cc(Cl)c1. The Morgan fingerprint density at radius 3 is 2.63 bits per heavy atom. The topological polar surface area (TPSA) is 29.1 Å². The van der Waals surface area contributed by atoms with Gasteiger partial charge < -0.3 is 5.32 Å². The average Bonchev–Trinajstić information content (AvgIpc) is 3.45. The van der Waals surface area contributed by atoms with Gasteiger partial charge in [0.1, 0.15) is 0 Å². The number of carbonyl (C=O) groups excluding carboxylic acids is 1. The van der Waals surface area contributed by atoms with E-state index in [4.69, 9.17) is 11.6 Å². The van der Waals surface area contributed by atoms with Gasteiger partial charge in [0, 0.05) is 23.4 Å². The number of allylic oxidation sites excluding steroid dienone is 1. The molecule has 2 aromatic rings. The van der Waals surface area contributed by atoms with Crippen LogP contribution in [0.25, 0.3) is 6.08 Å². The monoisotopic (exact) mass is 381 g/mol. The van der Waals surface area contributed by atoms with E-state index >= 15 is 0 Å². The highest BCUT2D eigenvalue weighted by atomic mass is 35.5. The molecule has 27 heavy (non-hydrogen) atoms. The minimum absolute atomic E-state index is 0.195. The summed E-state index contributed by atoms with van der Waals surface area (Å²) >= 11 is 6.23. The number of amides is 1. The van der Waals surface area contributed by atoms with E-state index in [1.54, 1.807) is 0 Å². The van der Waals surface area contributed by atoms with Gasteiger partial charge in [0.15, 0.2) is 0 Å². The Bertz CT molecular complexity index is 831. The second-order valence-corrected chi connectivity index (χ2v) is 8.05.